The van der Waals surface area contributed by atoms with E-state index in [1.807, 2.05) is 64.1 Å². The van der Waals surface area contributed by atoms with Crippen molar-refractivity contribution < 1.29 is 95.7 Å². The number of hydrogen-bond donors (Lipinski definition) is 2. The van der Waals surface area contributed by atoms with E-state index in [1.54, 1.807) is 125 Å². The van der Waals surface area contributed by atoms with E-state index in [9.17, 15) is 29.4 Å². The van der Waals surface area contributed by atoms with Gasteiger partial charge in [0, 0.05) is 38.2 Å². The molecule has 0 saturated carbocycles. The first-order valence-electron chi connectivity index (χ1n) is 29.2. The van der Waals surface area contributed by atoms with Gasteiger partial charge in [0.1, 0.15) is 90.1 Å². The van der Waals surface area contributed by atoms with Crippen LogP contribution in [0.3, 0.4) is 0 Å². The highest BCUT2D eigenvalue weighted by Gasteiger charge is 2.47. The zero-order chi connectivity index (χ0) is 63.5. The Kier molecular flexibility index (Phi) is 24.7. The van der Waals surface area contributed by atoms with E-state index in [0.29, 0.717) is 46.6 Å². The summed E-state index contributed by atoms with van der Waals surface area (Å²) in [7, 11) is 2.95. The maximum absolute atomic E-state index is 13.6. The van der Waals surface area contributed by atoms with Crippen LogP contribution in [0.1, 0.15) is 121 Å². The molecule has 4 aromatic carbocycles. The molecule has 2 saturated heterocycles. The highest BCUT2D eigenvalue weighted by atomic mass is 16.8. The fraction of sp³-hybridized carbons (Fsp3) is 0.441. The number of benzene rings is 4. The largest absolute Gasteiger partial charge is 0.491 e. The second-order valence-corrected chi connectivity index (χ2v) is 22.4. The van der Waals surface area contributed by atoms with Gasteiger partial charge in [-0.2, -0.15) is 0 Å². The van der Waals surface area contributed by atoms with Gasteiger partial charge in [-0.15, -0.1) is 0 Å². The topological polar surface area (TPSA) is 238 Å². The van der Waals surface area contributed by atoms with Crippen LogP contribution in [0.25, 0.3) is 12.2 Å². The number of esters is 4. The number of carbonyl (C=O) groups is 4. The molecular weight excluding hydrogens is 1140 g/mol. The van der Waals surface area contributed by atoms with Crippen molar-refractivity contribution in [3.63, 3.8) is 0 Å². The van der Waals surface area contributed by atoms with Gasteiger partial charge in [0.2, 0.25) is 0 Å². The van der Waals surface area contributed by atoms with Gasteiger partial charge in [-0.3, -0.25) is 0 Å². The van der Waals surface area contributed by atoms with E-state index >= 15 is 0 Å². The van der Waals surface area contributed by atoms with Crippen LogP contribution in [0.15, 0.2) is 134 Å². The molecule has 0 spiro atoms. The lowest BCUT2D eigenvalue weighted by atomic mass is 9.98. The number of aliphatic hydroxyl groups is 2. The Balaban J connectivity index is 0.000000251. The molecule has 0 aromatic heterocycles. The van der Waals surface area contributed by atoms with Crippen LogP contribution in [-0.2, 0) is 47.4 Å². The standard InChI is InChI=1S/C34H42O11.C34H40O9/c1-21-14-15-27(43-32(37)23-10-7-6-8-11-23)31-28(44-34(3,4)45-31)13-9-12-24-16-26(40-19-25(36)18-35)17-29(41-20-39-5)30(24)33(38)42-22(21)2;1-7-18-38-26-19-25-14-11-15-28-31(43-34(4,5)42-28)27(41-32(35)24-12-9-8-10-13-24)17-16-22(2)23(3)40-33(36)30(25)29(20-26)39-21-37-6/h6-12,14-17,21-22,25,27-28,31,35-36H,13,18-20H2,1-5H3;7-14,16-17,19-20,22-23,27-28,31H,1,15,18,21H2,2-6H3/b12-9+,15-14-;14-11+,17-16-/t21-,22+,25?,27?,28+,31-;22-,23+,27?,28+,31-/m11/s1. The van der Waals surface area contributed by atoms with Crippen molar-refractivity contribution in [1.29, 1.82) is 0 Å². The summed E-state index contributed by atoms with van der Waals surface area (Å²) in [5.74, 6) is -3.34. The first-order valence-corrected chi connectivity index (χ1v) is 29.2. The van der Waals surface area contributed by atoms with E-state index in [0.717, 1.165) is 0 Å². The van der Waals surface area contributed by atoms with Crippen LogP contribution in [0.2, 0.25) is 0 Å². The van der Waals surface area contributed by atoms with Crippen LogP contribution in [0, 0.1) is 11.8 Å². The molecule has 11 atom stereocenters. The summed E-state index contributed by atoms with van der Waals surface area (Å²) < 4.78 is 82.1. The maximum atomic E-state index is 13.6. The Bertz CT molecular complexity index is 3100. The van der Waals surface area contributed by atoms with E-state index < -0.39 is 97.0 Å². The molecule has 2 N–H and O–H groups in total. The predicted molar refractivity (Wildman–Crippen MR) is 325 cm³/mol. The molecule has 4 aliphatic rings. The molecule has 0 radical (unpaired) electrons. The number of carbonyl (C=O) groups excluding carboxylic acids is 4. The number of ether oxygens (including phenoxy) is 14. The molecule has 8 rings (SSSR count). The van der Waals surface area contributed by atoms with Gasteiger partial charge < -0.3 is 76.5 Å². The lowest BCUT2D eigenvalue weighted by Crippen LogP contribution is -2.37. The van der Waals surface area contributed by atoms with Crippen LogP contribution in [0.5, 0.6) is 23.0 Å². The van der Waals surface area contributed by atoms with Crippen molar-refractivity contribution in [2.75, 3.05) is 47.6 Å². The highest BCUT2D eigenvalue weighted by molar-refractivity contribution is 5.98. The van der Waals surface area contributed by atoms with Crippen molar-refractivity contribution in [3.8, 4) is 23.0 Å². The van der Waals surface area contributed by atoms with Crippen molar-refractivity contribution in [3.05, 3.63) is 167 Å². The molecule has 4 heterocycles. The van der Waals surface area contributed by atoms with Crippen LogP contribution in [0.4, 0.5) is 0 Å². The molecule has 4 aromatic rings. The summed E-state index contributed by atoms with van der Waals surface area (Å²) in [4.78, 5) is 53.5. The first kappa shape index (κ1) is 67.8. The third-order valence-corrected chi connectivity index (χ3v) is 14.5. The quantitative estimate of drug-likeness (QED) is 0.0432. The number of aliphatic hydroxyl groups excluding tert-OH is 2. The zero-order valence-electron chi connectivity index (χ0n) is 51.5. The van der Waals surface area contributed by atoms with Gasteiger partial charge in [-0.1, -0.05) is 99.4 Å². The summed E-state index contributed by atoms with van der Waals surface area (Å²) in [6.07, 6.45) is 10.8. The smallest absolute Gasteiger partial charge is 0.342 e. The van der Waals surface area contributed by atoms with Crippen molar-refractivity contribution >= 4 is 36.0 Å². The first-order chi connectivity index (χ1) is 42.1. The molecule has 3 unspecified atom stereocenters. The van der Waals surface area contributed by atoms with Crippen LogP contribution in [-0.4, -0.2) is 148 Å². The Morgan fingerprint density at radius 3 is 1.43 bits per heavy atom. The maximum Gasteiger partial charge on any atom is 0.342 e. The number of cyclic esters (lactones) is 2. The molecule has 0 aliphatic carbocycles. The number of fused-ring (bicyclic) bond motifs is 4. The molecule has 20 heteroatoms. The summed E-state index contributed by atoms with van der Waals surface area (Å²) in [5.41, 5.74) is 2.20. The van der Waals surface area contributed by atoms with Crippen LogP contribution >= 0.6 is 0 Å². The van der Waals surface area contributed by atoms with E-state index in [4.69, 9.17) is 66.3 Å². The molecule has 2 fully saturated rings. The minimum Gasteiger partial charge on any atom is -0.491 e. The second-order valence-electron chi connectivity index (χ2n) is 22.4. The summed E-state index contributed by atoms with van der Waals surface area (Å²) in [5, 5.41) is 19.0. The van der Waals surface area contributed by atoms with Crippen molar-refractivity contribution in [2.24, 2.45) is 11.8 Å². The van der Waals surface area contributed by atoms with Crippen LogP contribution < -0.4 is 18.9 Å². The molecule has 0 bridgehead atoms. The van der Waals surface area contributed by atoms with Gasteiger partial charge in [0.05, 0.1) is 29.9 Å². The zero-order valence-corrected chi connectivity index (χ0v) is 51.5. The molecule has 4 aliphatic heterocycles. The van der Waals surface area contributed by atoms with Gasteiger partial charge in [0.15, 0.2) is 25.2 Å². The third-order valence-electron chi connectivity index (χ3n) is 14.5. The van der Waals surface area contributed by atoms with Crippen molar-refractivity contribution in [1.82, 2.24) is 0 Å². The van der Waals surface area contributed by atoms with Gasteiger partial charge in [-0.25, -0.2) is 19.2 Å². The van der Waals surface area contributed by atoms with E-state index in [2.05, 4.69) is 6.58 Å². The Labute approximate surface area is 514 Å². The lowest BCUT2D eigenvalue weighted by Gasteiger charge is -2.26. The molecule has 20 nitrogen and oxygen atoms in total. The fourth-order valence-corrected chi connectivity index (χ4v) is 9.78. The average Bonchev–Trinajstić information content (AvgIpc) is 3.01. The molecule has 88 heavy (non-hydrogen) atoms. The average molecular weight is 1220 g/mol. The highest BCUT2D eigenvalue weighted by Crippen LogP contribution is 2.39. The molecule has 0 amide bonds. The minimum absolute atomic E-state index is 0.0733. The Morgan fingerprint density at radius 1 is 0.614 bits per heavy atom. The molecular formula is C68H82O20. The van der Waals surface area contributed by atoms with Gasteiger partial charge in [-0.05, 0) is 114 Å². The molecule has 474 valence electrons. The number of rotatable bonds is 17. The Morgan fingerprint density at radius 2 is 1.03 bits per heavy atom. The second kappa shape index (κ2) is 32.0. The monoisotopic (exact) mass is 1220 g/mol. The minimum atomic E-state index is -1.10. The summed E-state index contributed by atoms with van der Waals surface area (Å²) in [6, 6.07) is 24.0. The summed E-state index contributed by atoms with van der Waals surface area (Å²) in [6.45, 7) is 17.7. The normalized spacial score (nSPS) is 26.6. The lowest BCUT2D eigenvalue weighted by molar-refractivity contribution is -0.153. The third kappa shape index (κ3) is 18.9. The van der Waals surface area contributed by atoms with Gasteiger partial charge in [0.25, 0.3) is 0 Å². The summed E-state index contributed by atoms with van der Waals surface area (Å²) >= 11 is 0. The van der Waals surface area contributed by atoms with Crippen molar-refractivity contribution in [2.45, 2.75) is 135 Å². The number of hydrogen-bond acceptors (Lipinski definition) is 20. The van der Waals surface area contributed by atoms with E-state index in [-0.39, 0.29) is 61.3 Å². The van der Waals surface area contributed by atoms with Gasteiger partial charge >= 0.3 is 23.9 Å². The predicted octanol–water partition coefficient (Wildman–Crippen LogP) is 10.4. The Hall–Kier alpha value is -7.66. The fourth-order valence-electron chi connectivity index (χ4n) is 9.78. The van der Waals surface area contributed by atoms with E-state index in [1.165, 1.54) is 20.3 Å². The SMILES string of the molecule is C=CCOc1cc2c(c(OCOC)c1)C(=O)O[C@@H](C)[C@H](C)/C=C\C(OC(=O)c1ccccc1)[C@H]1OC(C)(C)O[C@H]1C/C=C/2.COCOc1cc(OCC(O)CO)cc2c1C(=O)O[C@@H](C)[C@H](C)/C=C\C(OC(=O)c1ccccc1)[C@H]1OC(C)(C)O[C@H]1C/C=C/2. The number of methoxy groups -OCH3 is 2.